The molecule has 8 aliphatic rings. The summed E-state index contributed by atoms with van der Waals surface area (Å²) in [5.41, 5.74) is 3.25. The third-order valence-corrected chi connectivity index (χ3v) is 23.7. The van der Waals surface area contributed by atoms with Crippen molar-refractivity contribution in [2.24, 2.45) is 105 Å². The van der Waals surface area contributed by atoms with Gasteiger partial charge >= 0.3 is 0 Å². The van der Waals surface area contributed by atoms with Gasteiger partial charge in [0.25, 0.3) is 0 Å². The van der Waals surface area contributed by atoms with Crippen molar-refractivity contribution in [3.8, 4) is 11.5 Å². The lowest BCUT2D eigenvalue weighted by molar-refractivity contribution is -0.127. The Balaban J connectivity index is 0.773. The van der Waals surface area contributed by atoms with Crippen molar-refractivity contribution in [2.45, 2.75) is 241 Å². The Morgan fingerprint density at radius 2 is 0.969 bits per heavy atom. The standard InChI is InChI=1S/C61H99ClO2/c1-39(2)13-11-15-41(5)51-22-24-53-49-20-17-44-36-47(27-31-58(44,7)55(49)29-33-60(51,53)9)63-46-19-26-57(43(35-46)38-62)64-48-28-32-59(8)45(37-48)18-21-50-54-25-23-52(42(6)16-12-14-40(3)4)61(54,10)34-30-56(50)59/h19,26,35,39-42,44-45,47-56H,11-18,20-25,27-34,36-38H2,1-10H3/t41-,42-,44?,45?,47?,48?,49?,50?,51-,52-,53?,54?,55?,56?,58+,59+,60-,61-/m1/s1. The number of ether oxygens (including phenoxy) is 2. The molecule has 0 aliphatic heterocycles. The lowest BCUT2D eigenvalue weighted by Gasteiger charge is -2.61. The van der Waals surface area contributed by atoms with E-state index in [2.05, 4.69) is 87.4 Å². The highest BCUT2D eigenvalue weighted by molar-refractivity contribution is 6.17. The topological polar surface area (TPSA) is 18.5 Å². The second-order valence-corrected chi connectivity index (χ2v) is 27.6. The molecular weight excluding hydrogens is 800 g/mol. The molecule has 1 aromatic rings. The summed E-state index contributed by atoms with van der Waals surface area (Å²) in [6.07, 6.45) is 34.4. The highest BCUT2D eigenvalue weighted by Crippen LogP contribution is 2.70. The zero-order valence-corrected chi connectivity index (χ0v) is 44.1. The highest BCUT2D eigenvalue weighted by atomic mass is 35.5. The van der Waals surface area contributed by atoms with E-state index in [1.165, 1.54) is 154 Å². The van der Waals surface area contributed by atoms with Gasteiger partial charge in [0.15, 0.2) is 0 Å². The number of benzene rings is 1. The molecule has 3 heteroatoms. The molecule has 0 aromatic heterocycles. The Bertz CT molecular complexity index is 1720. The summed E-state index contributed by atoms with van der Waals surface area (Å²) in [7, 11) is 0. The Morgan fingerprint density at radius 3 is 1.44 bits per heavy atom. The van der Waals surface area contributed by atoms with Crippen LogP contribution in [0.3, 0.4) is 0 Å². The molecule has 0 heterocycles. The van der Waals surface area contributed by atoms with E-state index >= 15 is 0 Å². The lowest BCUT2D eigenvalue weighted by Crippen LogP contribution is -2.54. The van der Waals surface area contributed by atoms with Crippen LogP contribution >= 0.6 is 11.6 Å². The molecule has 8 saturated carbocycles. The van der Waals surface area contributed by atoms with Crippen molar-refractivity contribution in [3.63, 3.8) is 0 Å². The summed E-state index contributed by atoms with van der Waals surface area (Å²) in [5, 5.41) is 0. The van der Waals surface area contributed by atoms with Crippen molar-refractivity contribution in [1.82, 2.24) is 0 Å². The normalized spacial score (nSPS) is 44.8. The summed E-state index contributed by atoms with van der Waals surface area (Å²) in [5.74, 6) is 15.1. The van der Waals surface area contributed by atoms with Crippen LogP contribution in [0.15, 0.2) is 18.2 Å². The van der Waals surface area contributed by atoms with Crippen LogP contribution in [0.1, 0.15) is 229 Å². The molecule has 2 nitrogen and oxygen atoms in total. The number of alkyl halides is 1. The molecule has 0 saturated heterocycles. The van der Waals surface area contributed by atoms with Gasteiger partial charge < -0.3 is 9.47 Å². The van der Waals surface area contributed by atoms with Crippen LogP contribution in [-0.4, -0.2) is 12.2 Å². The number of halogens is 1. The van der Waals surface area contributed by atoms with E-state index in [1.54, 1.807) is 0 Å². The maximum atomic E-state index is 7.00. The number of hydrogen-bond acceptors (Lipinski definition) is 2. The van der Waals surface area contributed by atoms with Gasteiger partial charge in [-0.25, -0.2) is 0 Å². The molecule has 0 radical (unpaired) electrons. The van der Waals surface area contributed by atoms with Crippen molar-refractivity contribution in [3.05, 3.63) is 23.8 Å². The van der Waals surface area contributed by atoms with Gasteiger partial charge in [0, 0.05) is 5.56 Å². The third kappa shape index (κ3) is 8.83. The molecule has 0 N–H and O–H groups in total. The molecule has 0 bridgehead atoms. The van der Waals surface area contributed by atoms with Gasteiger partial charge in [-0.2, -0.15) is 0 Å². The summed E-state index contributed by atoms with van der Waals surface area (Å²) in [4.78, 5) is 0. The SMILES string of the molecule is CC(C)CCC[C@@H](C)[C@H]1CCC2C3CCC4CC(Oc5ccc(OC6CC[C@@]7(C)C(CCC8C7CC[C@@]7(C)C8CC[C@@H]7[C@H](C)CCCC(C)C)C6)c(CCl)c5)CC[C@]4(C)C3CC[C@@]21C. The monoisotopic (exact) mass is 899 g/mol. The van der Waals surface area contributed by atoms with Gasteiger partial charge in [0.05, 0.1) is 18.1 Å². The van der Waals surface area contributed by atoms with Crippen LogP contribution in [0.4, 0.5) is 0 Å². The first kappa shape index (κ1) is 48.1. The largest absolute Gasteiger partial charge is 0.490 e. The van der Waals surface area contributed by atoms with Gasteiger partial charge in [0.1, 0.15) is 11.5 Å². The molecule has 0 amide bonds. The second-order valence-electron chi connectivity index (χ2n) is 27.3. The van der Waals surface area contributed by atoms with Crippen LogP contribution in [0.25, 0.3) is 0 Å². The highest BCUT2D eigenvalue weighted by Gasteiger charge is 2.62. The maximum absolute atomic E-state index is 7.00. The fraction of sp³-hybridized carbons (Fsp3) is 0.902. The Morgan fingerprint density at radius 1 is 0.516 bits per heavy atom. The number of fused-ring (bicyclic) bond motifs is 10. The maximum Gasteiger partial charge on any atom is 0.124 e. The Hall–Kier alpha value is -0.890. The molecule has 9 rings (SSSR count). The molecule has 8 aliphatic carbocycles. The van der Waals surface area contributed by atoms with Crippen LogP contribution in [0, 0.1) is 105 Å². The van der Waals surface area contributed by atoms with E-state index in [1.807, 2.05) is 0 Å². The van der Waals surface area contributed by atoms with Crippen LogP contribution < -0.4 is 9.47 Å². The zero-order valence-electron chi connectivity index (χ0n) is 43.3. The molecule has 362 valence electrons. The molecule has 0 spiro atoms. The third-order valence-electron chi connectivity index (χ3n) is 23.4. The van der Waals surface area contributed by atoms with Crippen molar-refractivity contribution in [2.75, 3.05) is 0 Å². The Kier molecular flexibility index (Phi) is 14.4. The first-order valence-corrected chi connectivity index (χ1v) is 29.1. The lowest BCUT2D eigenvalue weighted by atomic mass is 9.44. The smallest absolute Gasteiger partial charge is 0.124 e. The summed E-state index contributed by atoms with van der Waals surface area (Å²) >= 11 is 6.74. The summed E-state index contributed by atoms with van der Waals surface area (Å²) < 4.78 is 13.9. The van der Waals surface area contributed by atoms with Gasteiger partial charge in [0.2, 0.25) is 0 Å². The first-order valence-electron chi connectivity index (χ1n) is 28.6. The molecular formula is C61H99ClO2. The predicted molar refractivity (Wildman–Crippen MR) is 271 cm³/mol. The van der Waals surface area contributed by atoms with E-state index in [4.69, 9.17) is 21.1 Å². The summed E-state index contributed by atoms with van der Waals surface area (Å²) in [6, 6.07) is 6.68. The van der Waals surface area contributed by atoms with Crippen LogP contribution in [0.2, 0.25) is 0 Å². The number of hydrogen-bond donors (Lipinski definition) is 0. The number of rotatable bonds is 15. The average molecular weight is 900 g/mol. The minimum absolute atomic E-state index is 0.303. The van der Waals surface area contributed by atoms with E-state index in [-0.39, 0.29) is 0 Å². The van der Waals surface area contributed by atoms with Crippen LogP contribution in [0.5, 0.6) is 11.5 Å². The van der Waals surface area contributed by atoms with E-state index in [0.29, 0.717) is 39.7 Å². The zero-order chi connectivity index (χ0) is 45.2. The molecule has 64 heavy (non-hydrogen) atoms. The summed E-state index contributed by atoms with van der Waals surface area (Å²) in [6.45, 7) is 25.8. The van der Waals surface area contributed by atoms with Crippen molar-refractivity contribution in [1.29, 1.82) is 0 Å². The van der Waals surface area contributed by atoms with Gasteiger partial charge in [-0.1, -0.05) is 108 Å². The van der Waals surface area contributed by atoms with E-state index in [9.17, 15) is 0 Å². The van der Waals surface area contributed by atoms with E-state index in [0.717, 1.165) is 99.9 Å². The van der Waals surface area contributed by atoms with Crippen molar-refractivity contribution >= 4 is 11.6 Å². The molecule has 8 fully saturated rings. The molecule has 1 aromatic carbocycles. The van der Waals surface area contributed by atoms with Gasteiger partial charge in [-0.05, 0) is 238 Å². The molecule has 18 atom stereocenters. The first-order chi connectivity index (χ1) is 30.6. The minimum atomic E-state index is 0.303. The van der Waals surface area contributed by atoms with E-state index < -0.39 is 0 Å². The van der Waals surface area contributed by atoms with Gasteiger partial charge in [-0.3, -0.25) is 0 Å². The average Bonchev–Trinajstić information content (AvgIpc) is 3.81. The molecule has 10 unspecified atom stereocenters. The Labute approximate surface area is 400 Å². The fourth-order valence-corrected chi connectivity index (χ4v) is 20.1. The predicted octanol–water partition coefficient (Wildman–Crippen LogP) is 18.2. The van der Waals surface area contributed by atoms with Crippen LogP contribution in [-0.2, 0) is 5.88 Å². The quantitative estimate of drug-likeness (QED) is 0.163. The minimum Gasteiger partial charge on any atom is -0.490 e. The van der Waals surface area contributed by atoms with Crippen molar-refractivity contribution < 1.29 is 9.47 Å². The van der Waals surface area contributed by atoms with Gasteiger partial charge in [-0.15, -0.1) is 11.6 Å². The second kappa shape index (κ2) is 19.1. The fourth-order valence-electron chi connectivity index (χ4n) is 19.9.